The second-order valence-corrected chi connectivity index (χ2v) is 4.64. The van der Waals surface area contributed by atoms with Crippen LogP contribution in [0.25, 0.3) is 0 Å². The molecule has 3 rings (SSSR count). The minimum absolute atomic E-state index is 0.505. The van der Waals surface area contributed by atoms with Crippen LogP contribution >= 0.6 is 0 Å². The van der Waals surface area contributed by atoms with Gasteiger partial charge in [0, 0.05) is 18.0 Å². The summed E-state index contributed by atoms with van der Waals surface area (Å²) in [5.74, 6) is 5.34. The Morgan fingerprint density at radius 1 is 1.26 bits per heavy atom. The van der Waals surface area contributed by atoms with Gasteiger partial charge in [-0.2, -0.15) is 5.53 Å². The number of aliphatic carboxylic acids is 1. The molecule has 2 atom stereocenters. The third-order valence-corrected chi connectivity index (χ3v) is 3.01. The van der Waals surface area contributed by atoms with Gasteiger partial charge in [0.2, 0.25) is 0 Å². The third kappa shape index (κ3) is 3.81. The number of hydrogen-bond donors (Lipinski definition) is 4. The standard InChI is InChI=1S/C15H13N5O3/c21-15(22)13-14(19-20-18-13)23-12-3-1-2-10(8-12)4-5-11-9-16-6-7-17-11/h1-3,6-9,13-14,18-20H,(H,21,22). The SMILES string of the molecule is O=C(O)C1NNNC1Oc1cccc(C#Cc2cnccn2)c1. The lowest BCUT2D eigenvalue weighted by molar-refractivity contribution is -0.141. The average Bonchev–Trinajstić information content (AvgIpc) is 3.03. The molecule has 8 heteroatoms. The first kappa shape index (κ1) is 14.9. The van der Waals surface area contributed by atoms with Crippen LogP contribution in [-0.4, -0.2) is 33.3 Å². The van der Waals surface area contributed by atoms with E-state index in [1.807, 2.05) is 6.07 Å². The molecular formula is C15H13N5O3. The first-order valence-electron chi connectivity index (χ1n) is 6.76. The number of benzene rings is 1. The molecular weight excluding hydrogens is 298 g/mol. The lowest BCUT2D eigenvalue weighted by atomic mass is 10.2. The van der Waals surface area contributed by atoms with Crippen LogP contribution in [0, 0.1) is 11.8 Å². The van der Waals surface area contributed by atoms with Crippen molar-refractivity contribution < 1.29 is 14.6 Å². The Balaban J connectivity index is 1.73. The number of rotatable bonds is 3. The number of hydrazine groups is 2. The minimum atomic E-state index is -1.02. The summed E-state index contributed by atoms with van der Waals surface area (Å²) >= 11 is 0. The smallest absolute Gasteiger partial charge is 0.327 e. The maximum atomic E-state index is 11.1. The van der Waals surface area contributed by atoms with E-state index in [-0.39, 0.29) is 0 Å². The van der Waals surface area contributed by atoms with Crippen molar-refractivity contribution in [1.82, 2.24) is 26.4 Å². The molecule has 0 amide bonds. The fourth-order valence-electron chi connectivity index (χ4n) is 1.93. The van der Waals surface area contributed by atoms with Crippen molar-refractivity contribution >= 4 is 5.97 Å². The molecule has 0 spiro atoms. The summed E-state index contributed by atoms with van der Waals surface area (Å²) in [6.45, 7) is 0. The second kappa shape index (κ2) is 6.85. The normalized spacial score (nSPS) is 19.7. The summed E-state index contributed by atoms with van der Waals surface area (Å²) in [4.78, 5) is 19.1. The van der Waals surface area contributed by atoms with Gasteiger partial charge in [0.15, 0.2) is 12.3 Å². The molecule has 0 radical (unpaired) electrons. The first-order chi connectivity index (χ1) is 11.2. The van der Waals surface area contributed by atoms with Crippen molar-refractivity contribution in [3.05, 3.63) is 54.1 Å². The highest BCUT2D eigenvalue weighted by Crippen LogP contribution is 2.15. The molecule has 2 aromatic rings. The second-order valence-electron chi connectivity index (χ2n) is 4.64. The van der Waals surface area contributed by atoms with E-state index in [4.69, 9.17) is 9.84 Å². The van der Waals surface area contributed by atoms with Crippen LogP contribution in [-0.2, 0) is 4.79 Å². The number of nitrogens with zero attached hydrogens (tertiary/aromatic N) is 2. The Morgan fingerprint density at radius 2 is 2.17 bits per heavy atom. The minimum Gasteiger partial charge on any atom is -0.480 e. The number of aromatic nitrogens is 2. The summed E-state index contributed by atoms with van der Waals surface area (Å²) in [6.07, 6.45) is 3.98. The van der Waals surface area contributed by atoms with Gasteiger partial charge in [-0.15, -0.1) is 0 Å². The molecule has 23 heavy (non-hydrogen) atoms. The maximum absolute atomic E-state index is 11.1. The molecule has 1 aliphatic rings. The van der Waals surface area contributed by atoms with Crippen molar-refractivity contribution in [2.75, 3.05) is 0 Å². The average molecular weight is 311 g/mol. The van der Waals surface area contributed by atoms with Crippen molar-refractivity contribution in [2.45, 2.75) is 12.3 Å². The molecule has 1 fully saturated rings. The molecule has 4 N–H and O–H groups in total. The molecule has 116 valence electrons. The van der Waals surface area contributed by atoms with Gasteiger partial charge < -0.3 is 9.84 Å². The van der Waals surface area contributed by atoms with Crippen LogP contribution < -0.4 is 21.1 Å². The highest BCUT2D eigenvalue weighted by atomic mass is 16.5. The lowest BCUT2D eigenvalue weighted by Gasteiger charge is -2.16. The van der Waals surface area contributed by atoms with Gasteiger partial charge in [0.25, 0.3) is 0 Å². The largest absolute Gasteiger partial charge is 0.480 e. The molecule has 1 aromatic heterocycles. The van der Waals surface area contributed by atoms with Gasteiger partial charge in [-0.3, -0.25) is 9.78 Å². The quantitative estimate of drug-likeness (QED) is 0.570. The third-order valence-electron chi connectivity index (χ3n) is 3.01. The predicted molar refractivity (Wildman–Crippen MR) is 79.7 cm³/mol. The molecule has 8 nitrogen and oxygen atoms in total. The van der Waals surface area contributed by atoms with Gasteiger partial charge in [-0.25, -0.2) is 15.8 Å². The van der Waals surface area contributed by atoms with E-state index in [0.29, 0.717) is 11.4 Å². The summed E-state index contributed by atoms with van der Waals surface area (Å²) in [7, 11) is 0. The van der Waals surface area contributed by atoms with E-state index in [1.54, 1.807) is 36.8 Å². The van der Waals surface area contributed by atoms with Crippen molar-refractivity contribution in [3.63, 3.8) is 0 Å². The molecule has 2 heterocycles. The molecule has 1 saturated heterocycles. The summed E-state index contributed by atoms with van der Waals surface area (Å²) in [6, 6.07) is 6.16. The van der Waals surface area contributed by atoms with Gasteiger partial charge >= 0.3 is 5.97 Å². The number of carbonyl (C=O) groups is 1. The molecule has 2 unspecified atom stereocenters. The van der Waals surface area contributed by atoms with E-state index in [1.165, 1.54) is 0 Å². The van der Waals surface area contributed by atoms with Crippen LogP contribution in [0.3, 0.4) is 0 Å². The van der Waals surface area contributed by atoms with E-state index in [0.717, 1.165) is 5.56 Å². The number of nitrogens with one attached hydrogen (secondary N) is 3. The van der Waals surface area contributed by atoms with Crippen LogP contribution in [0.1, 0.15) is 11.3 Å². The van der Waals surface area contributed by atoms with E-state index < -0.39 is 18.2 Å². The monoisotopic (exact) mass is 311 g/mol. The zero-order valence-electron chi connectivity index (χ0n) is 11.9. The maximum Gasteiger partial charge on any atom is 0.327 e. The topological polar surface area (TPSA) is 108 Å². The van der Waals surface area contributed by atoms with Gasteiger partial charge in [-0.05, 0) is 24.1 Å². The fraction of sp³-hybridized carbons (Fsp3) is 0.133. The zero-order valence-corrected chi connectivity index (χ0v) is 11.9. The van der Waals surface area contributed by atoms with Crippen LogP contribution in [0.4, 0.5) is 0 Å². The lowest BCUT2D eigenvalue weighted by Crippen LogP contribution is -2.44. The van der Waals surface area contributed by atoms with Crippen LogP contribution in [0.5, 0.6) is 5.75 Å². The molecule has 1 aromatic carbocycles. The van der Waals surface area contributed by atoms with E-state index >= 15 is 0 Å². The van der Waals surface area contributed by atoms with Crippen LogP contribution in [0.2, 0.25) is 0 Å². The molecule has 0 aliphatic carbocycles. The number of hydrogen-bond acceptors (Lipinski definition) is 7. The predicted octanol–water partition coefficient (Wildman–Crippen LogP) is -0.353. The Kier molecular flexibility index (Phi) is 4.44. The number of ether oxygens (including phenoxy) is 1. The zero-order chi connectivity index (χ0) is 16.1. The molecule has 0 saturated carbocycles. The van der Waals surface area contributed by atoms with E-state index in [2.05, 4.69) is 38.2 Å². The number of carboxylic acids is 1. The molecule has 0 bridgehead atoms. The fourth-order valence-corrected chi connectivity index (χ4v) is 1.93. The summed E-state index contributed by atoms with van der Waals surface area (Å²) in [5, 5.41) is 9.07. The Morgan fingerprint density at radius 3 is 2.96 bits per heavy atom. The van der Waals surface area contributed by atoms with E-state index in [9.17, 15) is 4.79 Å². The Hall–Kier alpha value is -2.99. The van der Waals surface area contributed by atoms with Crippen molar-refractivity contribution in [1.29, 1.82) is 0 Å². The first-order valence-corrected chi connectivity index (χ1v) is 6.76. The molecule has 1 aliphatic heterocycles. The Bertz CT molecular complexity index is 756. The highest BCUT2D eigenvalue weighted by Gasteiger charge is 2.34. The van der Waals surface area contributed by atoms with Crippen molar-refractivity contribution in [3.8, 4) is 17.6 Å². The number of carboxylic acid groups (broad SMARTS) is 1. The van der Waals surface area contributed by atoms with Crippen LogP contribution in [0.15, 0.2) is 42.9 Å². The van der Waals surface area contributed by atoms with Gasteiger partial charge in [0.05, 0.1) is 6.20 Å². The van der Waals surface area contributed by atoms with Crippen molar-refractivity contribution in [2.24, 2.45) is 0 Å². The van der Waals surface area contributed by atoms with Gasteiger partial charge in [-0.1, -0.05) is 12.0 Å². The highest BCUT2D eigenvalue weighted by molar-refractivity contribution is 5.74. The van der Waals surface area contributed by atoms with Gasteiger partial charge in [0.1, 0.15) is 11.4 Å². The summed E-state index contributed by atoms with van der Waals surface area (Å²) < 4.78 is 5.63. The summed E-state index contributed by atoms with van der Waals surface area (Å²) in [5.41, 5.74) is 9.08. The Labute approximate surface area is 131 Å².